The number of para-hydroxylation sites is 2. The highest BCUT2D eigenvalue weighted by Gasteiger charge is 2.09. The van der Waals surface area contributed by atoms with Gasteiger partial charge in [0.2, 0.25) is 0 Å². The summed E-state index contributed by atoms with van der Waals surface area (Å²) in [4.78, 5) is 2.11. The maximum absolute atomic E-state index is 5.99. The number of nitrogen functional groups attached to an aromatic ring is 1. The van der Waals surface area contributed by atoms with E-state index in [0.717, 1.165) is 21.5 Å². The summed E-state index contributed by atoms with van der Waals surface area (Å²) in [5.74, 6) is 0. The first kappa shape index (κ1) is 12.0. The Morgan fingerprint density at radius 1 is 1.06 bits per heavy atom. The van der Waals surface area contributed by atoms with Crippen LogP contribution in [0, 0.1) is 6.92 Å². The van der Waals surface area contributed by atoms with E-state index in [1.54, 1.807) is 0 Å². The van der Waals surface area contributed by atoms with E-state index in [1.165, 1.54) is 5.56 Å². The van der Waals surface area contributed by atoms with Crippen molar-refractivity contribution in [2.75, 3.05) is 17.7 Å². The van der Waals surface area contributed by atoms with Gasteiger partial charge in [-0.1, -0.05) is 34.1 Å². The number of halogens is 1. The highest BCUT2D eigenvalue weighted by molar-refractivity contribution is 9.10. The van der Waals surface area contributed by atoms with Crippen molar-refractivity contribution in [3.8, 4) is 0 Å². The zero-order chi connectivity index (χ0) is 12.4. The quantitative estimate of drug-likeness (QED) is 0.844. The number of hydrogen-bond donors (Lipinski definition) is 1. The van der Waals surface area contributed by atoms with Crippen LogP contribution in [-0.4, -0.2) is 7.05 Å². The normalized spacial score (nSPS) is 10.3. The van der Waals surface area contributed by atoms with Crippen LogP contribution in [0.15, 0.2) is 46.9 Å². The molecule has 88 valence electrons. The summed E-state index contributed by atoms with van der Waals surface area (Å²) in [7, 11) is 2.03. The monoisotopic (exact) mass is 290 g/mol. The van der Waals surface area contributed by atoms with Gasteiger partial charge in [-0.15, -0.1) is 0 Å². The standard InChI is InChI=1S/C14H15BrN2/c1-10-7-8-11(15)9-14(10)17(2)13-6-4-3-5-12(13)16/h3-9H,16H2,1-2H3. The van der Waals surface area contributed by atoms with Gasteiger partial charge in [0, 0.05) is 17.2 Å². The van der Waals surface area contributed by atoms with Gasteiger partial charge in [-0.2, -0.15) is 0 Å². The van der Waals surface area contributed by atoms with Crippen LogP contribution in [0.4, 0.5) is 17.1 Å². The molecule has 3 heteroatoms. The zero-order valence-electron chi connectivity index (χ0n) is 9.94. The van der Waals surface area contributed by atoms with E-state index in [2.05, 4.69) is 39.9 Å². The first-order valence-corrected chi connectivity index (χ1v) is 6.23. The number of aryl methyl sites for hydroxylation is 1. The Morgan fingerprint density at radius 3 is 2.47 bits per heavy atom. The van der Waals surface area contributed by atoms with E-state index in [1.807, 2.05) is 37.4 Å². The molecule has 0 atom stereocenters. The van der Waals surface area contributed by atoms with Crippen molar-refractivity contribution < 1.29 is 0 Å². The maximum Gasteiger partial charge on any atom is 0.0641 e. The second-order valence-corrected chi connectivity index (χ2v) is 4.96. The van der Waals surface area contributed by atoms with Crippen LogP contribution in [0.1, 0.15) is 5.56 Å². The minimum Gasteiger partial charge on any atom is -0.397 e. The lowest BCUT2D eigenvalue weighted by atomic mass is 10.1. The lowest BCUT2D eigenvalue weighted by molar-refractivity contribution is 1.18. The summed E-state index contributed by atoms with van der Waals surface area (Å²) in [5, 5.41) is 0. The van der Waals surface area contributed by atoms with Gasteiger partial charge in [0.1, 0.15) is 0 Å². The Morgan fingerprint density at radius 2 is 1.76 bits per heavy atom. The fraction of sp³-hybridized carbons (Fsp3) is 0.143. The second kappa shape index (κ2) is 4.80. The van der Waals surface area contributed by atoms with Crippen LogP contribution < -0.4 is 10.6 Å². The van der Waals surface area contributed by atoms with Gasteiger partial charge in [-0.25, -0.2) is 0 Å². The zero-order valence-corrected chi connectivity index (χ0v) is 11.5. The van der Waals surface area contributed by atoms with E-state index in [9.17, 15) is 0 Å². The van der Waals surface area contributed by atoms with E-state index < -0.39 is 0 Å². The van der Waals surface area contributed by atoms with Crippen molar-refractivity contribution >= 4 is 33.0 Å². The molecule has 0 aliphatic carbocycles. The average molecular weight is 291 g/mol. The minimum absolute atomic E-state index is 0.786. The molecule has 2 nitrogen and oxygen atoms in total. The summed E-state index contributed by atoms with van der Waals surface area (Å²) in [5.41, 5.74) is 10.2. The lowest BCUT2D eigenvalue weighted by Gasteiger charge is -2.23. The smallest absolute Gasteiger partial charge is 0.0641 e. The minimum atomic E-state index is 0.786. The van der Waals surface area contributed by atoms with Gasteiger partial charge in [0.05, 0.1) is 11.4 Å². The predicted octanol–water partition coefficient (Wildman–Crippen LogP) is 4.11. The molecule has 0 radical (unpaired) electrons. The van der Waals surface area contributed by atoms with Crippen molar-refractivity contribution in [1.29, 1.82) is 0 Å². The molecule has 0 aliphatic rings. The fourth-order valence-corrected chi connectivity index (χ4v) is 2.22. The molecule has 0 heterocycles. The molecule has 0 unspecified atom stereocenters. The van der Waals surface area contributed by atoms with Crippen LogP contribution >= 0.6 is 15.9 Å². The topological polar surface area (TPSA) is 29.3 Å². The third kappa shape index (κ3) is 2.44. The highest BCUT2D eigenvalue weighted by Crippen LogP contribution is 2.32. The molecule has 0 saturated heterocycles. The summed E-state index contributed by atoms with van der Waals surface area (Å²) < 4.78 is 1.07. The third-order valence-corrected chi connectivity index (χ3v) is 3.32. The molecule has 2 aromatic carbocycles. The van der Waals surface area contributed by atoms with Gasteiger partial charge < -0.3 is 10.6 Å². The Balaban J connectivity index is 2.47. The summed E-state index contributed by atoms with van der Waals surface area (Å²) in [6, 6.07) is 14.1. The Bertz CT molecular complexity index is 537. The molecule has 0 aromatic heterocycles. The van der Waals surface area contributed by atoms with Crippen LogP contribution in [0.25, 0.3) is 0 Å². The molecule has 2 rings (SSSR count). The fourth-order valence-electron chi connectivity index (χ4n) is 1.87. The molecule has 0 aliphatic heterocycles. The lowest BCUT2D eigenvalue weighted by Crippen LogP contribution is -2.12. The first-order valence-electron chi connectivity index (χ1n) is 5.44. The summed E-state index contributed by atoms with van der Waals surface area (Å²) in [6.45, 7) is 2.09. The van der Waals surface area contributed by atoms with Crippen LogP contribution in [0.3, 0.4) is 0 Å². The molecule has 0 spiro atoms. The number of benzene rings is 2. The van der Waals surface area contributed by atoms with Crippen molar-refractivity contribution in [3.63, 3.8) is 0 Å². The van der Waals surface area contributed by atoms with Gasteiger partial charge in [0.25, 0.3) is 0 Å². The van der Waals surface area contributed by atoms with E-state index in [0.29, 0.717) is 0 Å². The molecule has 0 saturated carbocycles. The van der Waals surface area contributed by atoms with Gasteiger partial charge >= 0.3 is 0 Å². The van der Waals surface area contributed by atoms with Crippen molar-refractivity contribution in [2.24, 2.45) is 0 Å². The van der Waals surface area contributed by atoms with Gasteiger partial charge in [-0.05, 0) is 36.8 Å². The summed E-state index contributed by atoms with van der Waals surface area (Å²) in [6.07, 6.45) is 0. The molecule has 0 fully saturated rings. The van der Waals surface area contributed by atoms with Crippen molar-refractivity contribution in [1.82, 2.24) is 0 Å². The molecule has 17 heavy (non-hydrogen) atoms. The van der Waals surface area contributed by atoms with E-state index in [-0.39, 0.29) is 0 Å². The third-order valence-electron chi connectivity index (χ3n) is 2.83. The SMILES string of the molecule is Cc1ccc(Br)cc1N(C)c1ccccc1N. The summed E-state index contributed by atoms with van der Waals surface area (Å²) >= 11 is 3.50. The van der Waals surface area contributed by atoms with Crippen LogP contribution in [-0.2, 0) is 0 Å². The maximum atomic E-state index is 5.99. The van der Waals surface area contributed by atoms with Gasteiger partial charge in [-0.3, -0.25) is 0 Å². The Labute approximate surface area is 110 Å². The van der Waals surface area contributed by atoms with E-state index >= 15 is 0 Å². The number of nitrogens with two attached hydrogens (primary N) is 1. The molecular weight excluding hydrogens is 276 g/mol. The molecule has 2 N–H and O–H groups in total. The molecule has 0 bridgehead atoms. The number of rotatable bonds is 2. The number of nitrogens with zero attached hydrogens (tertiary/aromatic N) is 1. The Hall–Kier alpha value is -1.48. The number of anilines is 3. The molecule has 2 aromatic rings. The largest absolute Gasteiger partial charge is 0.397 e. The first-order chi connectivity index (χ1) is 8.09. The van der Waals surface area contributed by atoms with Gasteiger partial charge in [0.15, 0.2) is 0 Å². The van der Waals surface area contributed by atoms with Crippen molar-refractivity contribution in [2.45, 2.75) is 6.92 Å². The molecule has 0 amide bonds. The number of hydrogen-bond acceptors (Lipinski definition) is 2. The highest BCUT2D eigenvalue weighted by atomic mass is 79.9. The predicted molar refractivity (Wildman–Crippen MR) is 77.8 cm³/mol. The average Bonchev–Trinajstić information content (AvgIpc) is 2.32. The Kier molecular flexibility index (Phi) is 3.38. The van der Waals surface area contributed by atoms with Crippen LogP contribution in [0.2, 0.25) is 0 Å². The second-order valence-electron chi connectivity index (χ2n) is 4.05. The molecular formula is C14H15BrN2. The van der Waals surface area contributed by atoms with Crippen LogP contribution in [0.5, 0.6) is 0 Å². The van der Waals surface area contributed by atoms with E-state index in [4.69, 9.17) is 5.73 Å². The van der Waals surface area contributed by atoms with Crippen molar-refractivity contribution in [3.05, 3.63) is 52.5 Å².